The normalized spacial score (nSPS) is 14.3. The zero-order chi connectivity index (χ0) is 23.4. The number of aryl methyl sites for hydroxylation is 2. The third-order valence-corrected chi connectivity index (χ3v) is 5.46. The molecular weight excluding hydrogens is 416 g/mol. The maximum absolute atomic E-state index is 12.6. The number of likely N-dealkylation sites (N-methyl/N-ethyl adjacent to an activating group) is 1. The van der Waals surface area contributed by atoms with E-state index < -0.39 is 10.8 Å². The first-order valence-electron chi connectivity index (χ1n) is 10.2. The Bertz CT molecular complexity index is 1030. The summed E-state index contributed by atoms with van der Waals surface area (Å²) in [5.74, 6) is -0.317. The summed E-state index contributed by atoms with van der Waals surface area (Å²) in [5.41, 5.74) is 0.711. The van der Waals surface area contributed by atoms with Crippen molar-refractivity contribution in [3.05, 3.63) is 46.0 Å². The van der Waals surface area contributed by atoms with Crippen LogP contribution in [0, 0.1) is 15.5 Å². The zero-order valence-corrected chi connectivity index (χ0v) is 18.4. The molecule has 12 nitrogen and oxygen atoms in total. The number of nitrogens with zero attached hydrogens (tertiary/aromatic N) is 5. The molecule has 0 aliphatic carbocycles. The number of rotatable bonds is 7. The minimum absolute atomic E-state index is 0.133. The number of amides is 2. The molecule has 12 heteroatoms. The van der Waals surface area contributed by atoms with Crippen LogP contribution in [0.1, 0.15) is 27.4 Å². The zero-order valence-electron chi connectivity index (χ0n) is 18.4. The van der Waals surface area contributed by atoms with Gasteiger partial charge in [-0.3, -0.25) is 25.1 Å². The molecule has 1 fully saturated rings. The molecule has 3 N–H and O–H groups in total. The van der Waals surface area contributed by atoms with Crippen molar-refractivity contribution < 1.29 is 14.5 Å². The molecule has 0 unspecified atom stereocenters. The Morgan fingerprint density at radius 2 is 1.66 bits per heavy atom. The predicted octanol–water partition coefficient (Wildman–Crippen LogP) is 0.869. The van der Waals surface area contributed by atoms with Gasteiger partial charge in [0.25, 0.3) is 17.5 Å². The Balaban J connectivity index is 1.54. The van der Waals surface area contributed by atoms with E-state index in [1.807, 2.05) is 4.90 Å². The van der Waals surface area contributed by atoms with E-state index in [0.717, 1.165) is 26.2 Å². The lowest BCUT2D eigenvalue weighted by atomic mass is 10.2. The molecule has 0 bridgehead atoms. The van der Waals surface area contributed by atoms with Crippen molar-refractivity contribution in [2.45, 2.75) is 6.42 Å². The second-order valence-electron chi connectivity index (χ2n) is 7.87. The Hall–Kier alpha value is -3.67. The monoisotopic (exact) mass is 444 g/mol. The fourth-order valence-corrected chi connectivity index (χ4v) is 3.55. The molecule has 1 saturated heterocycles. The van der Waals surface area contributed by atoms with Gasteiger partial charge in [0.2, 0.25) is 0 Å². The number of hydrogen-bond acceptors (Lipinski definition) is 6. The van der Waals surface area contributed by atoms with Gasteiger partial charge in [-0.25, -0.2) is 0 Å². The number of aromatic nitrogens is 2. The molecule has 2 amide bonds. The van der Waals surface area contributed by atoms with Crippen molar-refractivity contribution in [3.63, 3.8) is 0 Å². The largest absolute Gasteiger partial charge is 0.358 e. The summed E-state index contributed by atoms with van der Waals surface area (Å²) in [6.45, 7) is 3.80. The van der Waals surface area contributed by atoms with E-state index in [-0.39, 0.29) is 17.3 Å². The first-order valence-corrected chi connectivity index (χ1v) is 10.2. The second kappa shape index (κ2) is 9.64. The van der Waals surface area contributed by atoms with Gasteiger partial charge in [0.05, 0.1) is 22.6 Å². The van der Waals surface area contributed by atoms with E-state index in [9.17, 15) is 19.7 Å². The van der Waals surface area contributed by atoms with Crippen LogP contribution in [0.3, 0.4) is 0 Å². The molecule has 0 radical (unpaired) electrons. The second-order valence-corrected chi connectivity index (χ2v) is 7.87. The predicted molar refractivity (Wildman–Crippen MR) is 119 cm³/mol. The average molecular weight is 444 g/mol. The number of nitrogens with one attached hydrogen (secondary N) is 3. The van der Waals surface area contributed by atoms with E-state index in [4.69, 9.17) is 5.41 Å². The fourth-order valence-electron chi connectivity index (χ4n) is 3.55. The highest BCUT2D eigenvalue weighted by molar-refractivity contribution is 6.04. The van der Waals surface area contributed by atoms with Gasteiger partial charge in [0, 0.05) is 65.5 Å². The third kappa shape index (κ3) is 5.32. The molecule has 3 heterocycles. The van der Waals surface area contributed by atoms with E-state index >= 15 is 0 Å². The lowest BCUT2D eigenvalue weighted by molar-refractivity contribution is -0.384. The van der Waals surface area contributed by atoms with Crippen molar-refractivity contribution in [1.29, 1.82) is 5.41 Å². The van der Waals surface area contributed by atoms with Crippen molar-refractivity contribution in [1.82, 2.24) is 24.3 Å². The van der Waals surface area contributed by atoms with Crippen LogP contribution in [-0.2, 0) is 14.1 Å². The van der Waals surface area contributed by atoms with Crippen molar-refractivity contribution >= 4 is 29.0 Å². The fraction of sp³-hybridized carbons (Fsp3) is 0.450. The molecule has 2 aromatic heterocycles. The highest BCUT2D eigenvalue weighted by atomic mass is 16.6. The number of carbonyl (C=O) groups is 2. The van der Waals surface area contributed by atoms with Crippen LogP contribution >= 0.6 is 0 Å². The number of nitro groups is 1. The standard InChI is InChI=1S/C20H28N8O4/c1-24-6-8-27(9-7-24)18(21)4-5-22-19(29)16-10-14(12-25(16)2)23-20(30)17-11-15(28(31)32)13-26(17)3/h10-13,21H,4-9H2,1-3H3,(H,22,29)(H,23,30). The summed E-state index contributed by atoms with van der Waals surface area (Å²) in [6.07, 6.45) is 3.30. The highest BCUT2D eigenvalue weighted by Crippen LogP contribution is 2.18. The van der Waals surface area contributed by atoms with Gasteiger partial charge in [-0.2, -0.15) is 0 Å². The van der Waals surface area contributed by atoms with Crippen LogP contribution in [0.5, 0.6) is 0 Å². The Kier molecular flexibility index (Phi) is 6.93. The van der Waals surface area contributed by atoms with E-state index in [2.05, 4.69) is 22.6 Å². The highest BCUT2D eigenvalue weighted by Gasteiger charge is 2.20. The summed E-state index contributed by atoms with van der Waals surface area (Å²) in [5, 5.41) is 24.6. The molecule has 32 heavy (non-hydrogen) atoms. The van der Waals surface area contributed by atoms with Crippen molar-refractivity contribution in [3.8, 4) is 0 Å². The van der Waals surface area contributed by atoms with Crippen LogP contribution in [0.15, 0.2) is 24.5 Å². The van der Waals surface area contributed by atoms with Gasteiger partial charge in [-0.15, -0.1) is 0 Å². The van der Waals surface area contributed by atoms with Crippen LogP contribution < -0.4 is 10.6 Å². The van der Waals surface area contributed by atoms with Crippen molar-refractivity contribution in [2.75, 3.05) is 45.1 Å². The summed E-state index contributed by atoms with van der Waals surface area (Å²) >= 11 is 0. The Labute approximate surface area is 185 Å². The number of amidine groups is 1. The maximum Gasteiger partial charge on any atom is 0.287 e. The first-order chi connectivity index (χ1) is 15.2. The van der Waals surface area contributed by atoms with E-state index in [0.29, 0.717) is 30.2 Å². The topological polar surface area (TPSA) is 142 Å². The lowest BCUT2D eigenvalue weighted by Crippen LogP contribution is -2.47. The number of piperazine rings is 1. The molecule has 2 aromatic rings. The molecule has 0 aromatic carbocycles. The average Bonchev–Trinajstić information content (AvgIpc) is 3.30. The van der Waals surface area contributed by atoms with Gasteiger partial charge in [-0.1, -0.05) is 0 Å². The summed E-state index contributed by atoms with van der Waals surface area (Å²) in [4.78, 5) is 39.6. The van der Waals surface area contributed by atoms with Gasteiger partial charge < -0.3 is 29.6 Å². The Morgan fingerprint density at radius 3 is 2.28 bits per heavy atom. The van der Waals surface area contributed by atoms with Gasteiger partial charge in [-0.05, 0) is 13.1 Å². The molecule has 1 aliphatic heterocycles. The molecule has 172 valence electrons. The molecule has 0 atom stereocenters. The van der Waals surface area contributed by atoms with Crippen LogP contribution in [-0.4, -0.2) is 81.3 Å². The van der Waals surface area contributed by atoms with Crippen LogP contribution in [0.25, 0.3) is 0 Å². The van der Waals surface area contributed by atoms with E-state index in [1.165, 1.54) is 22.9 Å². The molecule has 3 rings (SSSR count). The van der Waals surface area contributed by atoms with Gasteiger partial charge >= 0.3 is 0 Å². The van der Waals surface area contributed by atoms with Gasteiger partial charge in [0.1, 0.15) is 11.4 Å². The quantitative estimate of drug-likeness (QED) is 0.250. The van der Waals surface area contributed by atoms with E-state index in [1.54, 1.807) is 24.9 Å². The SMILES string of the molecule is CN1CCN(C(=N)CCNC(=O)c2cc(NC(=O)c3cc([N+](=O)[O-])cn3C)cn2C)CC1. The maximum atomic E-state index is 12.6. The Morgan fingerprint density at radius 1 is 1.03 bits per heavy atom. The number of carbonyl (C=O) groups excluding carboxylic acids is 2. The summed E-state index contributed by atoms with van der Waals surface area (Å²) in [6, 6.07) is 2.73. The van der Waals surface area contributed by atoms with Crippen LogP contribution in [0.2, 0.25) is 0 Å². The summed E-state index contributed by atoms with van der Waals surface area (Å²) < 4.78 is 2.96. The summed E-state index contributed by atoms with van der Waals surface area (Å²) in [7, 11) is 5.29. The van der Waals surface area contributed by atoms with Crippen LogP contribution in [0.4, 0.5) is 11.4 Å². The molecule has 1 aliphatic rings. The minimum Gasteiger partial charge on any atom is -0.358 e. The molecular formula is C20H28N8O4. The minimum atomic E-state index is -0.564. The number of anilines is 1. The molecule has 0 saturated carbocycles. The first kappa shape index (κ1) is 23.0. The number of hydrogen-bond donors (Lipinski definition) is 3. The van der Waals surface area contributed by atoms with Crippen molar-refractivity contribution in [2.24, 2.45) is 14.1 Å². The van der Waals surface area contributed by atoms with Gasteiger partial charge in [0.15, 0.2) is 0 Å². The smallest absolute Gasteiger partial charge is 0.287 e. The molecule has 0 spiro atoms. The lowest BCUT2D eigenvalue weighted by Gasteiger charge is -2.34. The third-order valence-electron chi connectivity index (χ3n) is 5.46.